The van der Waals surface area contributed by atoms with Crippen molar-refractivity contribution in [2.75, 3.05) is 20.2 Å². The van der Waals surface area contributed by atoms with Crippen LogP contribution in [-0.2, 0) is 9.53 Å². The van der Waals surface area contributed by atoms with Crippen LogP contribution in [0.5, 0.6) is 0 Å². The zero-order chi connectivity index (χ0) is 13.7. The van der Waals surface area contributed by atoms with Crippen molar-refractivity contribution in [3.63, 3.8) is 0 Å². The third-order valence-corrected chi connectivity index (χ3v) is 4.36. The Morgan fingerprint density at radius 1 is 1.53 bits per heavy atom. The molecule has 0 aromatic rings. The molecule has 1 amide bonds. The molecule has 1 aliphatic heterocycles. The molecular formula is C15H26N2O2. The lowest BCUT2D eigenvalue weighted by Gasteiger charge is -2.38. The van der Waals surface area contributed by atoms with Gasteiger partial charge in [0.2, 0.25) is 5.91 Å². The molecule has 1 saturated heterocycles. The molecule has 1 heterocycles. The molecule has 19 heavy (non-hydrogen) atoms. The van der Waals surface area contributed by atoms with Crippen LogP contribution in [0.1, 0.15) is 44.9 Å². The number of piperidine rings is 1. The van der Waals surface area contributed by atoms with E-state index >= 15 is 0 Å². The molecule has 2 rings (SSSR count). The summed E-state index contributed by atoms with van der Waals surface area (Å²) in [4.78, 5) is 14.4. The fraction of sp³-hybridized carbons (Fsp3) is 0.800. The van der Waals surface area contributed by atoms with Crippen LogP contribution in [0, 0.1) is 0 Å². The van der Waals surface area contributed by atoms with E-state index in [1.165, 1.54) is 18.4 Å². The first kappa shape index (κ1) is 14.5. The fourth-order valence-electron chi connectivity index (χ4n) is 3.14. The van der Waals surface area contributed by atoms with Crippen LogP contribution in [0.2, 0.25) is 0 Å². The number of carbonyl (C=O) groups is 1. The van der Waals surface area contributed by atoms with Crippen molar-refractivity contribution < 1.29 is 9.53 Å². The molecule has 0 bridgehead atoms. The molecule has 2 aliphatic rings. The number of hydrogen-bond donors (Lipinski definition) is 1. The minimum atomic E-state index is 0.149. The molecule has 4 heteroatoms. The number of methoxy groups -OCH3 is 1. The Morgan fingerprint density at radius 3 is 3.00 bits per heavy atom. The Balaban J connectivity index is 1.92. The van der Waals surface area contributed by atoms with E-state index in [4.69, 9.17) is 10.5 Å². The van der Waals surface area contributed by atoms with Gasteiger partial charge in [0.05, 0.1) is 6.10 Å². The zero-order valence-corrected chi connectivity index (χ0v) is 11.9. The molecule has 0 saturated carbocycles. The highest BCUT2D eigenvalue weighted by molar-refractivity contribution is 5.79. The third-order valence-electron chi connectivity index (χ3n) is 4.36. The number of hydrogen-bond acceptors (Lipinski definition) is 3. The van der Waals surface area contributed by atoms with E-state index in [1.807, 2.05) is 4.90 Å². The molecule has 2 atom stereocenters. The maximum absolute atomic E-state index is 12.4. The summed E-state index contributed by atoms with van der Waals surface area (Å²) in [7, 11) is 1.74. The minimum absolute atomic E-state index is 0.149. The highest BCUT2D eigenvalue weighted by Gasteiger charge is 2.30. The molecule has 0 aromatic carbocycles. The van der Waals surface area contributed by atoms with Gasteiger partial charge >= 0.3 is 0 Å². The summed E-state index contributed by atoms with van der Waals surface area (Å²) in [5.74, 6) is 0.248. The molecular weight excluding hydrogens is 240 g/mol. The van der Waals surface area contributed by atoms with Crippen molar-refractivity contribution in [3.05, 3.63) is 11.6 Å². The van der Waals surface area contributed by atoms with E-state index in [2.05, 4.69) is 6.08 Å². The van der Waals surface area contributed by atoms with E-state index in [1.54, 1.807) is 7.11 Å². The number of carbonyl (C=O) groups excluding carboxylic acids is 1. The Morgan fingerprint density at radius 2 is 2.37 bits per heavy atom. The van der Waals surface area contributed by atoms with E-state index in [-0.39, 0.29) is 18.1 Å². The van der Waals surface area contributed by atoms with Gasteiger partial charge in [0.1, 0.15) is 0 Å². The molecule has 0 spiro atoms. The van der Waals surface area contributed by atoms with Gasteiger partial charge < -0.3 is 15.4 Å². The van der Waals surface area contributed by atoms with Crippen LogP contribution >= 0.6 is 0 Å². The molecule has 2 N–H and O–H groups in total. The lowest BCUT2D eigenvalue weighted by Crippen LogP contribution is -2.51. The number of allylic oxidation sites excluding steroid dienone is 1. The zero-order valence-electron chi connectivity index (χ0n) is 11.9. The summed E-state index contributed by atoms with van der Waals surface area (Å²) in [6.07, 6.45) is 9.62. The number of rotatable bonds is 4. The van der Waals surface area contributed by atoms with Gasteiger partial charge in [0.15, 0.2) is 0 Å². The van der Waals surface area contributed by atoms with Gasteiger partial charge in [-0.05, 0) is 38.5 Å². The van der Waals surface area contributed by atoms with Crippen molar-refractivity contribution in [2.24, 2.45) is 5.73 Å². The largest absolute Gasteiger partial charge is 0.381 e. The van der Waals surface area contributed by atoms with Crippen molar-refractivity contribution >= 4 is 5.91 Å². The first-order valence-corrected chi connectivity index (χ1v) is 7.44. The Labute approximate surface area is 116 Å². The van der Waals surface area contributed by atoms with Crippen LogP contribution in [-0.4, -0.2) is 43.2 Å². The predicted octanol–water partition coefficient (Wildman–Crippen LogP) is 1.84. The summed E-state index contributed by atoms with van der Waals surface area (Å²) in [6, 6.07) is 0.149. The first-order chi connectivity index (χ1) is 9.24. The standard InChI is InChI=1S/C15H26N2O2/c1-19-14-7-8-17(13(10-14)11-16)15(18)9-12-5-3-2-4-6-12/h5,13-14H,2-4,6-11,16H2,1H3. The molecule has 1 aliphatic carbocycles. The highest BCUT2D eigenvalue weighted by atomic mass is 16.5. The third kappa shape index (κ3) is 3.80. The predicted molar refractivity (Wildman–Crippen MR) is 75.8 cm³/mol. The molecule has 4 nitrogen and oxygen atoms in total. The quantitative estimate of drug-likeness (QED) is 0.790. The molecule has 0 radical (unpaired) electrons. The number of ether oxygens (including phenoxy) is 1. The molecule has 1 fully saturated rings. The van der Waals surface area contributed by atoms with Crippen molar-refractivity contribution in [2.45, 2.75) is 57.1 Å². The average molecular weight is 266 g/mol. The summed E-state index contributed by atoms with van der Waals surface area (Å²) in [6.45, 7) is 1.32. The maximum atomic E-state index is 12.4. The van der Waals surface area contributed by atoms with Crippen LogP contribution in [0.3, 0.4) is 0 Å². The normalized spacial score (nSPS) is 28.1. The Kier molecular flexibility index (Phi) is 5.40. The summed E-state index contributed by atoms with van der Waals surface area (Å²) in [5.41, 5.74) is 7.14. The van der Waals surface area contributed by atoms with Gasteiger partial charge in [-0.3, -0.25) is 4.79 Å². The number of amides is 1. The average Bonchev–Trinajstić information content (AvgIpc) is 2.47. The fourth-order valence-corrected chi connectivity index (χ4v) is 3.14. The van der Waals surface area contributed by atoms with Gasteiger partial charge in [-0.15, -0.1) is 0 Å². The summed E-state index contributed by atoms with van der Waals surface area (Å²) < 4.78 is 5.40. The monoisotopic (exact) mass is 266 g/mol. The summed E-state index contributed by atoms with van der Waals surface area (Å²) in [5, 5.41) is 0. The molecule has 0 aromatic heterocycles. The van der Waals surface area contributed by atoms with Gasteiger partial charge in [-0.1, -0.05) is 11.6 Å². The second-order valence-electron chi connectivity index (χ2n) is 5.64. The van der Waals surface area contributed by atoms with Gasteiger partial charge in [0, 0.05) is 32.7 Å². The van der Waals surface area contributed by atoms with E-state index in [9.17, 15) is 4.79 Å². The topological polar surface area (TPSA) is 55.6 Å². The van der Waals surface area contributed by atoms with Crippen LogP contribution in [0.25, 0.3) is 0 Å². The molecule has 2 unspecified atom stereocenters. The number of likely N-dealkylation sites (tertiary alicyclic amines) is 1. The van der Waals surface area contributed by atoms with E-state index < -0.39 is 0 Å². The number of nitrogens with two attached hydrogens (primary N) is 1. The smallest absolute Gasteiger partial charge is 0.226 e. The van der Waals surface area contributed by atoms with Gasteiger partial charge in [-0.25, -0.2) is 0 Å². The van der Waals surface area contributed by atoms with Crippen LogP contribution in [0.15, 0.2) is 11.6 Å². The Bertz CT molecular complexity index is 341. The lowest BCUT2D eigenvalue weighted by molar-refractivity contribution is -0.136. The maximum Gasteiger partial charge on any atom is 0.226 e. The minimum Gasteiger partial charge on any atom is -0.381 e. The summed E-state index contributed by atoms with van der Waals surface area (Å²) >= 11 is 0. The van der Waals surface area contributed by atoms with E-state index in [0.717, 1.165) is 32.2 Å². The van der Waals surface area contributed by atoms with Crippen LogP contribution in [0.4, 0.5) is 0 Å². The van der Waals surface area contributed by atoms with Gasteiger partial charge in [-0.2, -0.15) is 0 Å². The first-order valence-electron chi connectivity index (χ1n) is 7.44. The van der Waals surface area contributed by atoms with Gasteiger partial charge in [0.25, 0.3) is 0 Å². The highest BCUT2D eigenvalue weighted by Crippen LogP contribution is 2.24. The molecule has 108 valence electrons. The van der Waals surface area contributed by atoms with Crippen LogP contribution < -0.4 is 5.73 Å². The second-order valence-corrected chi connectivity index (χ2v) is 5.64. The van der Waals surface area contributed by atoms with Crippen molar-refractivity contribution in [1.29, 1.82) is 0 Å². The van der Waals surface area contributed by atoms with Crippen molar-refractivity contribution in [1.82, 2.24) is 4.90 Å². The Hall–Kier alpha value is -0.870. The second kappa shape index (κ2) is 7.06. The lowest BCUT2D eigenvalue weighted by atomic mass is 9.94. The van der Waals surface area contributed by atoms with E-state index in [0.29, 0.717) is 13.0 Å². The SMILES string of the molecule is COC1CCN(C(=O)CC2=CCCCC2)C(CN)C1. The number of nitrogens with zero attached hydrogens (tertiary/aromatic N) is 1. The van der Waals surface area contributed by atoms with Crippen molar-refractivity contribution in [3.8, 4) is 0 Å².